The molecular formula is C13H16N2O3. The van der Waals surface area contributed by atoms with Crippen LogP contribution in [0.15, 0.2) is 35.3 Å². The summed E-state index contributed by atoms with van der Waals surface area (Å²) in [7, 11) is 0. The number of hydrogen-bond donors (Lipinski definition) is 4. The predicted molar refractivity (Wildman–Crippen MR) is 66.0 cm³/mol. The monoisotopic (exact) mass is 248 g/mol. The van der Waals surface area contributed by atoms with Gasteiger partial charge in [-0.2, -0.15) is 0 Å². The normalized spacial score (nSPS) is 43.9. The Morgan fingerprint density at radius 3 is 2.94 bits per heavy atom. The molecule has 3 atom stereocenters. The molecule has 5 nitrogen and oxygen atoms in total. The summed E-state index contributed by atoms with van der Waals surface area (Å²) in [6, 6.07) is -0.363. The van der Waals surface area contributed by atoms with Gasteiger partial charge in [0.25, 0.3) is 0 Å². The number of carbonyl (C=O) groups excluding carboxylic acids is 1. The number of nitrogens with one attached hydrogen (secondary N) is 2. The van der Waals surface area contributed by atoms with Gasteiger partial charge in [0.2, 0.25) is 5.91 Å². The van der Waals surface area contributed by atoms with Crippen molar-refractivity contribution in [2.75, 3.05) is 6.54 Å². The maximum absolute atomic E-state index is 11.7. The van der Waals surface area contributed by atoms with Crippen molar-refractivity contribution in [2.24, 2.45) is 5.92 Å². The van der Waals surface area contributed by atoms with Gasteiger partial charge in [-0.15, -0.1) is 0 Å². The van der Waals surface area contributed by atoms with E-state index in [0.717, 1.165) is 6.42 Å². The van der Waals surface area contributed by atoms with Crippen molar-refractivity contribution in [3.63, 3.8) is 0 Å². The van der Waals surface area contributed by atoms with Crippen LogP contribution in [0.1, 0.15) is 12.8 Å². The van der Waals surface area contributed by atoms with Crippen LogP contribution in [0.2, 0.25) is 0 Å². The third-order valence-electron chi connectivity index (χ3n) is 3.80. The zero-order valence-corrected chi connectivity index (χ0v) is 9.89. The minimum atomic E-state index is -0.227. The van der Waals surface area contributed by atoms with Gasteiger partial charge < -0.3 is 15.5 Å². The first kappa shape index (κ1) is 11.3. The highest BCUT2D eigenvalue weighted by atomic mass is 16.3. The van der Waals surface area contributed by atoms with Crippen molar-refractivity contribution in [2.45, 2.75) is 24.9 Å². The lowest BCUT2D eigenvalue weighted by Gasteiger charge is -2.36. The van der Waals surface area contributed by atoms with Gasteiger partial charge in [-0.3, -0.25) is 10.1 Å². The molecule has 18 heavy (non-hydrogen) atoms. The molecule has 0 unspecified atom stereocenters. The van der Waals surface area contributed by atoms with Crippen molar-refractivity contribution in [1.29, 1.82) is 0 Å². The number of aliphatic hydroxyl groups excluding tert-OH is 2. The lowest BCUT2D eigenvalue weighted by molar-refractivity contribution is -0.125. The third-order valence-corrected chi connectivity index (χ3v) is 3.80. The zero-order valence-electron chi connectivity index (χ0n) is 9.89. The molecule has 0 aromatic carbocycles. The van der Waals surface area contributed by atoms with Gasteiger partial charge in [0.05, 0.1) is 12.1 Å². The lowest BCUT2D eigenvalue weighted by Crippen LogP contribution is -2.60. The van der Waals surface area contributed by atoms with Gasteiger partial charge in [-0.1, -0.05) is 12.2 Å². The number of rotatable bonds is 0. The molecule has 1 saturated heterocycles. The molecule has 2 heterocycles. The minimum Gasteiger partial charge on any atom is -0.504 e. The Kier molecular flexibility index (Phi) is 2.63. The summed E-state index contributed by atoms with van der Waals surface area (Å²) in [5.74, 6) is -0.00110. The van der Waals surface area contributed by atoms with Crippen molar-refractivity contribution in [1.82, 2.24) is 10.6 Å². The van der Waals surface area contributed by atoms with Gasteiger partial charge in [0.15, 0.2) is 11.5 Å². The van der Waals surface area contributed by atoms with Crippen LogP contribution < -0.4 is 10.6 Å². The van der Waals surface area contributed by atoms with Crippen LogP contribution in [0.5, 0.6) is 0 Å². The molecule has 5 heteroatoms. The molecule has 0 spiro atoms. The number of piperazine rings is 1. The van der Waals surface area contributed by atoms with E-state index in [1.165, 1.54) is 6.08 Å². The first-order valence-electron chi connectivity index (χ1n) is 6.19. The molecule has 1 amide bonds. The lowest BCUT2D eigenvalue weighted by atomic mass is 9.86. The number of amides is 1. The third kappa shape index (κ3) is 1.80. The number of allylic oxidation sites excluding steroid dienone is 3. The highest BCUT2D eigenvalue weighted by molar-refractivity contribution is 5.83. The smallest absolute Gasteiger partial charge is 0.237 e. The summed E-state index contributed by atoms with van der Waals surface area (Å²) in [5, 5.41) is 25.9. The molecule has 4 bridgehead atoms. The molecule has 96 valence electrons. The van der Waals surface area contributed by atoms with Crippen LogP contribution in [0.25, 0.3) is 0 Å². The van der Waals surface area contributed by atoms with Crippen LogP contribution in [-0.2, 0) is 4.79 Å². The average molecular weight is 248 g/mol. The van der Waals surface area contributed by atoms with Gasteiger partial charge >= 0.3 is 0 Å². The van der Waals surface area contributed by atoms with E-state index in [9.17, 15) is 15.0 Å². The predicted octanol–water partition coefficient (Wildman–Crippen LogP) is 0.677. The molecule has 4 N–H and O–H groups in total. The van der Waals surface area contributed by atoms with Gasteiger partial charge in [-0.05, 0) is 24.8 Å². The SMILES string of the molecule is O=C1NC[C@@H]2N[C@H]1C[C@H]1\C=C/C(O)=C(O)\C2=C\C1. The minimum absolute atomic E-state index is 0.0131. The highest BCUT2D eigenvalue weighted by Crippen LogP contribution is 2.28. The van der Waals surface area contributed by atoms with Crippen LogP contribution in [0, 0.1) is 5.92 Å². The van der Waals surface area contributed by atoms with Crippen LogP contribution in [0.4, 0.5) is 0 Å². The van der Waals surface area contributed by atoms with E-state index >= 15 is 0 Å². The number of fused-ring (bicyclic) bond motifs is 5. The van der Waals surface area contributed by atoms with E-state index < -0.39 is 0 Å². The Bertz CT molecular complexity index is 479. The zero-order chi connectivity index (χ0) is 12.7. The molecule has 0 radical (unpaired) electrons. The molecule has 3 rings (SSSR count). The summed E-state index contributed by atoms with van der Waals surface area (Å²) < 4.78 is 0. The molecule has 1 aliphatic carbocycles. The second-order valence-electron chi connectivity index (χ2n) is 5.00. The van der Waals surface area contributed by atoms with E-state index in [1.54, 1.807) is 0 Å². The van der Waals surface area contributed by atoms with Crippen LogP contribution in [0.3, 0.4) is 0 Å². The van der Waals surface area contributed by atoms with E-state index in [1.807, 2.05) is 12.2 Å². The first-order chi connectivity index (χ1) is 8.65. The molecule has 2 aliphatic heterocycles. The summed E-state index contributed by atoms with van der Waals surface area (Å²) in [6.07, 6.45) is 6.82. The first-order valence-corrected chi connectivity index (χ1v) is 6.19. The molecule has 0 aromatic rings. The largest absolute Gasteiger partial charge is 0.504 e. The fourth-order valence-corrected chi connectivity index (χ4v) is 2.77. The second-order valence-corrected chi connectivity index (χ2v) is 5.00. The molecule has 0 aromatic heterocycles. The van der Waals surface area contributed by atoms with Crippen molar-refractivity contribution in [3.05, 3.63) is 35.3 Å². The maximum atomic E-state index is 11.7. The highest BCUT2D eigenvalue weighted by Gasteiger charge is 2.34. The van der Waals surface area contributed by atoms with Gasteiger partial charge in [0, 0.05) is 12.1 Å². The van der Waals surface area contributed by atoms with Gasteiger partial charge in [-0.25, -0.2) is 0 Å². The topological polar surface area (TPSA) is 81.6 Å². The Labute approximate surface area is 105 Å². The van der Waals surface area contributed by atoms with E-state index in [-0.39, 0.29) is 35.4 Å². The fourth-order valence-electron chi connectivity index (χ4n) is 2.77. The average Bonchev–Trinajstić information content (AvgIpc) is 2.34. The van der Waals surface area contributed by atoms with Crippen LogP contribution >= 0.6 is 0 Å². The maximum Gasteiger partial charge on any atom is 0.237 e. The summed E-state index contributed by atoms with van der Waals surface area (Å²) in [4.78, 5) is 11.7. The van der Waals surface area contributed by atoms with Gasteiger partial charge in [0.1, 0.15) is 0 Å². The summed E-state index contributed by atoms with van der Waals surface area (Å²) >= 11 is 0. The number of carbonyl (C=O) groups is 1. The van der Waals surface area contributed by atoms with Crippen molar-refractivity contribution < 1.29 is 15.0 Å². The van der Waals surface area contributed by atoms with E-state index in [0.29, 0.717) is 18.5 Å². The Balaban J connectivity index is 2.05. The Hall–Kier alpha value is -1.75. The van der Waals surface area contributed by atoms with Crippen molar-refractivity contribution >= 4 is 5.91 Å². The summed E-state index contributed by atoms with van der Waals surface area (Å²) in [5.41, 5.74) is 0.673. The quantitative estimate of drug-likeness (QED) is 0.508. The summed E-state index contributed by atoms with van der Waals surface area (Å²) in [6.45, 7) is 0.437. The Morgan fingerprint density at radius 2 is 2.11 bits per heavy atom. The van der Waals surface area contributed by atoms with E-state index in [2.05, 4.69) is 10.6 Å². The molecular weight excluding hydrogens is 232 g/mol. The molecule has 0 saturated carbocycles. The molecule has 3 aliphatic rings. The number of hydrogen-bond acceptors (Lipinski definition) is 4. The molecule has 1 fully saturated rings. The Morgan fingerprint density at radius 1 is 1.28 bits per heavy atom. The van der Waals surface area contributed by atoms with Crippen LogP contribution in [-0.4, -0.2) is 34.7 Å². The van der Waals surface area contributed by atoms with Crippen molar-refractivity contribution in [3.8, 4) is 0 Å². The number of aliphatic hydroxyl groups is 2. The van der Waals surface area contributed by atoms with E-state index in [4.69, 9.17) is 0 Å². The fraction of sp³-hybridized carbons (Fsp3) is 0.462. The second kappa shape index (κ2) is 4.17. The standard InChI is InChI=1S/C13H16N2O3/c16-11-4-2-7-1-3-8(12(11)17)10-6-14-13(18)9(5-7)15-10/h2-4,7,9-10,15-17H,1,5-6H2,(H,14,18)/b4-2-,8-3+,12-11-/t7-,9+,10+/m1/s1.